The van der Waals surface area contributed by atoms with E-state index < -0.39 is 0 Å². The second kappa shape index (κ2) is 5.29. The van der Waals surface area contributed by atoms with Crippen LogP contribution < -0.4 is 10.6 Å². The lowest BCUT2D eigenvalue weighted by molar-refractivity contribution is 0.342. The van der Waals surface area contributed by atoms with E-state index in [0.717, 1.165) is 28.7 Å². The summed E-state index contributed by atoms with van der Waals surface area (Å²) in [6, 6.07) is 6.50. The Morgan fingerprint density at radius 3 is 2.84 bits per heavy atom. The first-order valence-corrected chi connectivity index (χ1v) is 7.81. The minimum absolute atomic E-state index is 0.464. The highest BCUT2D eigenvalue weighted by Crippen LogP contribution is 2.40. The number of nitrogens with two attached hydrogens (primary N) is 1. The minimum atomic E-state index is 0.464. The first-order valence-electron chi connectivity index (χ1n) is 7.03. The molecule has 102 valence electrons. The third kappa shape index (κ3) is 2.46. The van der Waals surface area contributed by atoms with Gasteiger partial charge in [0.25, 0.3) is 0 Å². The van der Waals surface area contributed by atoms with E-state index in [9.17, 15) is 0 Å². The second-order valence-electron chi connectivity index (χ2n) is 5.62. The van der Waals surface area contributed by atoms with Crippen LogP contribution in [0.3, 0.4) is 0 Å². The van der Waals surface area contributed by atoms with Crippen LogP contribution in [0.5, 0.6) is 0 Å². The van der Waals surface area contributed by atoms with Gasteiger partial charge < -0.3 is 10.6 Å². The van der Waals surface area contributed by atoms with Crippen LogP contribution in [0.25, 0.3) is 0 Å². The molecule has 0 spiro atoms. The van der Waals surface area contributed by atoms with Crippen molar-refractivity contribution in [3.05, 3.63) is 28.8 Å². The molecule has 2 aliphatic rings. The highest BCUT2D eigenvalue weighted by molar-refractivity contribution is 7.80. The molecular weight excluding hydrogens is 276 g/mol. The zero-order chi connectivity index (χ0) is 13.4. The number of rotatable bonds is 2. The van der Waals surface area contributed by atoms with Crippen molar-refractivity contribution >= 4 is 34.5 Å². The van der Waals surface area contributed by atoms with Crippen molar-refractivity contribution in [2.45, 2.75) is 38.1 Å². The van der Waals surface area contributed by atoms with Crippen LogP contribution >= 0.6 is 23.8 Å². The smallest absolute Gasteiger partial charge is 0.106 e. The maximum atomic E-state index is 6.16. The first kappa shape index (κ1) is 13.2. The Labute approximate surface area is 124 Å². The molecule has 2 atom stereocenters. The minimum Gasteiger partial charge on any atom is -0.389 e. The van der Waals surface area contributed by atoms with E-state index in [1.54, 1.807) is 0 Å². The molecule has 1 saturated carbocycles. The molecule has 0 bridgehead atoms. The molecule has 2 unspecified atom stereocenters. The van der Waals surface area contributed by atoms with Gasteiger partial charge in [0.2, 0.25) is 0 Å². The average molecular weight is 295 g/mol. The van der Waals surface area contributed by atoms with Crippen LogP contribution in [0.1, 0.15) is 37.7 Å². The van der Waals surface area contributed by atoms with Crippen LogP contribution in [-0.4, -0.2) is 17.6 Å². The van der Waals surface area contributed by atoms with Gasteiger partial charge in [-0.2, -0.15) is 0 Å². The quantitative estimate of drug-likeness (QED) is 0.843. The highest BCUT2D eigenvalue weighted by Gasteiger charge is 2.36. The predicted octanol–water partition coefficient (Wildman–Crippen LogP) is 3.74. The highest BCUT2D eigenvalue weighted by atomic mass is 35.5. The maximum Gasteiger partial charge on any atom is 0.106 e. The molecule has 1 aliphatic carbocycles. The number of hydrogen-bond donors (Lipinski definition) is 1. The van der Waals surface area contributed by atoms with Crippen molar-refractivity contribution in [1.29, 1.82) is 0 Å². The number of benzene rings is 1. The fourth-order valence-corrected chi connectivity index (χ4v) is 3.99. The fraction of sp³-hybridized carbons (Fsp3) is 0.533. The van der Waals surface area contributed by atoms with E-state index >= 15 is 0 Å². The predicted molar refractivity (Wildman–Crippen MR) is 85.0 cm³/mol. The van der Waals surface area contributed by atoms with Gasteiger partial charge in [0.1, 0.15) is 4.99 Å². The van der Waals surface area contributed by atoms with Crippen LogP contribution in [0.4, 0.5) is 5.69 Å². The normalized spacial score (nSPS) is 26.3. The average Bonchev–Trinajstić information content (AvgIpc) is 2.82. The van der Waals surface area contributed by atoms with Gasteiger partial charge in [0.05, 0.1) is 0 Å². The molecule has 2 nitrogen and oxygen atoms in total. The lowest BCUT2D eigenvalue weighted by atomic mass is 9.85. The Kier molecular flexibility index (Phi) is 3.68. The Balaban J connectivity index is 1.97. The summed E-state index contributed by atoms with van der Waals surface area (Å²) in [5, 5.41) is 0.759. The standard InChI is InChI=1S/C15H19ClN2S/c16-11-5-6-12(15(17)19)14(9-11)18-8-7-10-3-1-2-4-13(10)18/h5-6,9-10,13H,1-4,7-8H2,(H2,17,19). The number of anilines is 1. The number of fused-ring (bicyclic) bond motifs is 1. The molecule has 19 heavy (non-hydrogen) atoms. The van der Waals surface area contributed by atoms with E-state index in [1.807, 2.05) is 18.2 Å². The second-order valence-corrected chi connectivity index (χ2v) is 6.50. The third-order valence-corrected chi connectivity index (χ3v) is 5.00. The topological polar surface area (TPSA) is 29.3 Å². The number of thiocarbonyl (C=S) groups is 1. The van der Waals surface area contributed by atoms with Gasteiger partial charge in [0, 0.05) is 28.9 Å². The van der Waals surface area contributed by atoms with Crippen LogP contribution in [0.15, 0.2) is 18.2 Å². The van der Waals surface area contributed by atoms with Crippen molar-refractivity contribution in [2.24, 2.45) is 11.7 Å². The zero-order valence-electron chi connectivity index (χ0n) is 10.9. The molecule has 1 aliphatic heterocycles. The largest absolute Gasteiger partial charge is 0.389 e. The lowest BCUT2D eigenvalue weighted by Crippen LogP contribution is -2.36. The van der Waals surface area contributed by atoms with Crippen molar-refractivity contribution in [2.75, 3.05) is 11.4 Å². The molecule has 1 heterocycles. The molecular formula is C15H19ClN2S. The van der Waals surface area contributed by atoms with Crippen LogP contribution in [0, 0.1) is 5.92 Å². The summed E-state index contributed by atoms with van der Waals surface area (Å²) in [7, 11) is 0. The van der Waals surface area contributed by atoms with E-state index in [4.69, 9.17) is 29.6 Å². The molecule has 1 aromatic rings. The number of nitrogens with zero attached hydrogens (tertiary/aromatic N) is 1. The van der Waals surface area contributed by atoms with E-state index in [0.29, 0.717) is 11.0 Å². The maximum absolute atomic E-state index is 6.16. The Hall–Kier alpha value is -0.800. The Bertz CT molecular complexity index is 503. The van der Waals surface area contributed by atoms with Gasteiger partial charge in [0.15, 0.2) is 0 Å². The summed E-state index contributed by atoms with van der Waals surface area (Å²) in [4.78, 5) is 2.95. The van der Waals surface area contributed by atoms with Gasteiger partial charge in [-0.3, -0.25) is 0 Å². The van der Waals surface area contributed by atoms with Gasteiger partial charge in [-0.05, 0) is 43.4 Å². The van der Waals surface area contributed by atoms with Crippen molar-refractivity contribution in [1.82, 2.24) is 0 Å². The van der Waals surface area contributed by atoms with Crippen molar-refractivity contribution in [3.63, 3.8) is 0 Å². The summed E-state index contributed by atoms with van der Waals surface area (Å²) >= 11 is 11.3. The molecule has 2 fully saturated rings. The SMILES string of the molecule is NC(=S)c1ccc(Cl)cc1N1CCC2CCCCC21. The molecule has 1 aromatic carbocycles. The number of halogens is 1. The summed E-state index contributed by atoms with van der Waals surface area (Å²) in [5.41, 5.74) is 7.96. The van der Waals surface area contributed by atoms with E-state index in [1.165, 1.54) is 32.1 Å². The van der Waals surface area contributed by atoms with Crippen molar-refractivity contribution in [3.8, 4) is 0 Å². The molecule has 1 saturated heterocycles. The molecule has 4 heteroatoms. The summed E-state index contributed by atoms with van der Waals surface area (Å²) < 4.78 is 0. The molecule has 0 aromatic heterocycles. The van der Waals surface area contributed by atoms with Gasteiger partial charge in [-0.25, -0.2) is 0 Å². The van der Waals surface area contributed by atoms with Gasteiger partial charge >= 0.3 is 0 Å². The monoisotopic (exact) mass is 294 g/mol. The molecule has 3 rings (SSSR count). The first-order chi connectivity index (χ1) is 9.16. The molecule has 0 radical (unpaired) electrons. The lowest BCUT2D eigenvalue weighted by Gasteiger charge is -2.34. The summed E-state index contributed by atoms with van der Waals surface area (Å²) in [6.45, 7) is 1.10. The van der Waals surface area contributed by atoms with Gasteiger partial charge in [-0.1, -0.05) is 36.7 Å². The zero-order valence-corrected chi connectivity index (χ0v) is 12.5. The van der Waals surface area contributed by atoms with E-state index in [2.05, 4.69) is 4.90 Å². The Morgan fingerprint density at radius 2 is 2.05 bits per heavy atom. The van der Waals surface area contributed by atoms with Crippen LogP contribution in [0.2, 0.25) is 5.02 Å². The summed E-state index contributed by atoms with van der Waals surface area (Å²) in [5.74, 6) is 0.840. The van der Waals surface area contributed by atoms with E-state index in [-0.39, 0.29) is 0 Å². The number of hydrogen-bond acceptors (Lipinski definition) is 2. The molecule has 2 N–H and O–H groups in total. The third-order valence-electron chi connectivity index (χ3n) is 4.54. The van der Waals surface area contributed by atoms with Gasteiger partial charge in [-0.15, -0.1) is 0 Å². The Morgan fingerprint density at radius 1 is 1.26 bits per heavy atom. The fourth-order valence-electron chi connectivity index (χ4n) is 3.66. The molecule has 0 amide bonds. The summed E-state index contributed by atoms with van der Waals surface area (Å²) in [6.07, 6.45) is 6.65. The van der Waals surface area contributed by atoms with Crippen molar-refractivity contribution < 1.29 is 0 Å². The van der Waals surface area contributed by atoms with Crippen LogP contribution in [-0.2, 0) is 0 Å².